The summed E-state index contributed by atoms with van der Waals surface area (Å²) in [7, 11) is 5.28. The molecule has 1 rings (SSSR count). The van der Waals surface area contributed by atoms with Gasteiger partial charge in [0, 0.05) is 11.5 Å². The first-order valence-electron chi connectivity index (χ1n) is 4.40. The van der Waals surface area contributed by atoms with Crippen LogP contribution in [-0.2, 0) is 5.75 Å². The van der Waals surface area contributed by atoms with Crippen molar-refractivity contribution in [3.8, 4) is 0 Å². The van der Waals surface area contributed by atoms with Crippen molar-refractivity contribution in [1.82, 2.24) is 0 Å². The molecule has 0 saturated heterocycles. The molecule has 0 atom stereocenters. The normalized spacial score (nSPS) is 10.4. The Hall–Kier alpha value is 0.230. The molecule has 0 fully saturated rings. The minimum atomic E-state index is 0.267. The summed E-state index contributed by atoms with van der Waals surface area (Å²) in [5.74, 6) is 1.84. The van der Waals surface area contributed by atoms with Crippen LogP contribution in [0.1, 0.15) is 11.1 Å². The number of aryl methyl sites for hydroxylation is 1. The van der Waals surface area contributed by atoms with E-state index in [1.165, 1.54) is 11.1 Å². The predicted octanol–water partition coefficient (Wildman–Crippen LogP) is 3.52. The van der Waals surface area contributed by atoms with Gasteiger partial charge < -0.3 is 5.11 Å². The van der Waals surface area contributed by atoms with Crippen molar-refractivity contribution in [2.45, 2.75) is 12.7 Å². The maximum atomic E-state index is 8.58. The van der Waals surface area contributed by atoms with Crippen LogP contribution in [0.5, 0.6) is 0 Å². The van der Waals surface area contributed by atoms with Gasteiger partial charge >= 0.3 is 0 Å². The molecular weight excluding hydrogens is 232 g/mol. The lowest BCUT2D eigenvalue weighted by Gasteiger charge is -2.01. The quantitative estimate of drug-likeness (QED) is 0.612. The molecule has 0 saturated carbocycles. The van der Waals surface area contributed by atoms with Gasteiger partial charge in [0.25, 0.3) is 0 Å². The Morgan fingerprint density at radius 3 is 2.86 bits per heavy atom. The zero-order chi connectivity index (χ0) is 10.2. The fourth-order valence-electron chi connectivity index (χ4n) is 0.999. The summed E-state index contributed by atoms with van der Waals surface area (Å²) in [6.45, 7) is 2.38. The second-order valence-electron chi connectivity index (χ2n) is 2.86. The lowest BCUT2D eigenvalue weighted by atomic mass is 10.2. The topological polar surface area (TPSA) is 20.2 Å². The molecule has 1 aromatic rings. The molecule has 1 aromatic carbocycles. The van der Waals surface area contributed by atoms with Gasteiger partial charge in [0.2, 0.25) is 0 Å². The van der Waals surface area contributed by atoms with E-state index in [2.05, 4.69) is 31.2 Å². The maximum absolute atomic E-state index is 8.58. The van der Waals surface area contributed by atoms with E-state index in [-0.39, 0.29) is 6.61 Å². The van der Waals surface area contributed by atoms with Crippen LogP contribution in [-0.4, -0.2) is 17.5 Å². The highest BCUT2D eigenvalue weighted by atomic mass is 33.5. The van der Waals surface area contributed by atoms with Crippen molar-refractivity contribution in [1.29, 1.82) is 0 Å². The van der Waals surface area contributed by atoms with E-state index in [1.807, 2.05) is 10.8 Å². The number of aliphatic hydroxyl groups excluding tert-OH is 1. The Bertz CT molecular complexity index is 265. The van der Waals surface area contributed by atoms with Crippen molar-refractivity contribution in [3.05, 3.63) is 35.4 Å². The minimum Gasteiger partial charge on any atom is -0.395 e. The molecule has 0 unspecified atom stereocenters. The molecular formula is C10H14OS3. The molecule has 0 radical (unpaired) electrons. The second kappa shape index (κ2) is 7.51. The molecule has 0 aliphatic carbocycles. The predicted molar refractivity (Wildman–Crippen MR) is 69.6 cm³/mol. The van der Waals surface area contributed by atoms with Gasteiger partial charge in [0.1, 0.15) is 0 Å². The fourth-order valence-corrected chi connectivity index (χ4v) is 4.42. The Balaban J connectivity index is 2.18. The van der Waals surface area contributed by atoms with Crippen molar-refractivity contribution in [3.63, 3.8) is 0 Å². The van der Waals surface area contributed by atoms with Crippen LogP contribution in [0.15, 0.2) is 24.3 Å². The third-order valence-electron chi connectivity index (χ3n) is 1.58. The lowest BCUT2D eigenvalue weighted by molar-refractivity contribution is 0.323. The largest absolute Gasteiger partial charge is 0.395 e. The first-order valence-corrected chi connectivity index (χ1v) is 8.22. The van der Waals surface area contributed by atoms with Gasteiger partial charge in [-0.25, -0.2) is 0 Å². The van der Waals surface area contributed by atoms with E-state index in [0.717, 1.165) is 11.5 Å². The van der Waals surface area contributed by atoms with Crippen LogP contribution in [0.3, 0.4) is 0 Å². The molecule has 78 valence electrons. The van der Waals surface area contributed by atoms with Crippen molar-refractivity contribution < 1.29 is 5.11 Å². The highest BCUT2D eigenvalue weighted by molar-refractivity contribution is 9.09. The van der Waals surface area contributed by atoms with E-state index in [1.54, 1.807) is 20.6 Å². The smallest absolute Gasteiger partial charge is 0.0530 e. The maximum Gasteiger partial charge on any atom is 0.0530 e. The van der Waals surface area contributed by atoms with Crippen LogP contribution in [0, 0.1) is 6.92 Å². The first kappa shape index (κ1) is 12.3. The Kier molecular flexibility index (Phi) is 6.60. The van der Waals surface area contributed by atoms with Gasteiger partial charge in [0.05, 0.1) is 6.61 Å². The molecule has 14 heavy (non-hydrogen) atoms. The SMILES string of the molecule is Cc1cccc(CSSSCCO)c1. The lowest BCUT2D eigenvalue weighted by Crippen LogP contribution is -1.81. The van der Waals surface area contributed by atoms with Crippen LogP contribution in [0.25, 0.3) is 0 Å². The molecule has 0 amide bonds. The summed E-state index contributed by atoms with van der Waals surface area (Å²) in [6, 6.07) is 8.57. The number of rotatable bonds is 6. The summed E-state index contributed by atoms with van der Waals surface area (Å²) in [5, 5.41) is 8.58. The van der Waals surface area contributed by atoms with Gasteiger partial charge in [-0.1, -0.05) is 51.4 Å². The third kappa shape index (κ3) is 5.20. The average molecular weight is 246 g/mol. The van der Waals surface area contributed by atoms with Gasteiger partial charge in [-0.05, 0) is 22.3 Å². The summed E-state index contributed by atoms with van der Waals surface area (Å²) in [6.07, 6.45) is 0. The van der Waals surface area contributed by atoms with Crippen LogP contribution < -0.4 is 0 Å². The average Bonchev–Trinajstić information content (AvgIpc) is 2.18. The second-order valence-corrected chi connectivity index (χ2v) is 7.22. The summed E-state index contributed by atoms with van der Waals surface area (Å²) in [4.78, 5) is 0. The molecule has 0 aliphatic rings. The number of benzene rings is 1. The van der Waals surface area contributed by atoms with Crippen LogP contribution in [0.4, 0.5) is 0 Å². The van der Waals surface area contributed by atoms with Crippen molar-refractivity contribution >= 4 is 31.4 Å². The molecule has 0 heterocycles. The minimum absolute atomic E-state index is 0.267. The Labute approximate surface area is 96.9 Å². The summed E-state index contributed by atoms with van der Waals surface area (Å²) < 4.78 is 0. The molecule has 0 aliphatic heterocycles. The van der Waals surface area contributed by atoms with Gasteiger partial charge in [0.15, 0.2) is 0 Å². The number of aliphatic hydroxyl groups is 1. The van der Waals surface area contributed by atoms with Crippen molar-refractivity contribution in [2.24, 2.45) is 0 Å². The molecule has 0 bridgehead atoms. The van der Waals surface area contributed by atoms with Gasteiger partial charge in [-0.3, -0.25) is 0 Å². The first-order chi connectivity index (χ1) is 6.83. The zero-order valence-corrected chi connectivity index (χ0v) is 10.6. The monoisotopic (exact) mass is 246 g/mol. The van der Waals surface area contributed by atoms with E-state index < -0.39 is 0 Å². The van der Waals surface area contributed by atoms with Crippen LogP contribution >= 0.6 is 31.4 Å². The van der Waals surface area contributed by atoms with E-state index in [0.29, 0.717) is 0 Å². The van der Waals surface area contributed by atoms with Crippen molar-refractivity contribution in [2.75, 3.05) is 12.4 Å². The van der Waals surface area contributed by atoms with Gasteiger partial charge in [-0.15, -0.1) is 0 Å². The summed E-state index contributed by atoms with van der Waals surface area (Å²) in [5.41, 5.74) is 2.68. The molecule has 0 spiro atoms. The molecule has 1 nitrogen and oxygen atoms in total. The Morgan fingerprint density at radius 2 is 2.14 bits per heavy atom. The number of hydrogen-bond donors (Lipinski definition) is 1. The molecule has 1 N–H and O–H groups in total. The number of hydrogen-bond acceptors (Lipinski definition) is 4. The van der Waals surface area contributed by atoms with E-state index in [4.69, 9.17) is 5.11 Å². The highest BCUT2D eigenvalue weighted by Crippen LogP contribution is 2.36. The van der Waals surface area contributed by atoms with Gasteiger partial charge in [-0.2, -0.15) is 0 Å². The summed E-state index contributed by atoms with van der Waals surface area (Å²) >= 11 is 0. The van der Waals surface area contributed by atoms with E-state index in [9.17, 15) is 0 Å². The molecule has 0 aromatic heterocycles. The highest BCUT2D eigenvalue weighted by Gasteiger charge is 1.95. The fraction of sp³-hybridized carbons (Fsp3) is 0.400. The Morgan fingerprint density at radius 1 is 1.29 bits per heavy atom. The molecule has 4 heteroatoms. The standard InChI is InChI=1S/C10H14OS3/c1-9-3-2-4-10(7-9)8-13-14-12-6-5-11/h2-4,7,11H,5-6,8H2,1H3. The van der Waals surface area contributed by atoms with E-state index >= 15 is 0 Å². The van der Waals surface area contributed by atoms with Crippen LogP contribution in [0.2, 0.25) is 0 Å². The zero-order valence-electron chi connectivity index (χ0n) is 8.10. The third-order valence-corrected chi connectivity index (χ3v) is 5.73.